The van der Waals surface area contributed by atoms with Crippen molar-refractivity contribution >= 4 is 32.4 Å². The molecule has 0 aromatic heterocycles. The van der Waals surface area contributed by atoms with Crippen molar-refractivity contribution in [3.8, 4) is 0 Å². The summed E-state index contributed by atoms with van der Waals surface area (Å²) in [5.74, 6) is 0. The van der Waals surface area contributed by atoms with Crippen LogP contribution in [0.5, 0.6) is 0 Å². The van der Waals surface area contributed by atoms with Crippen LogP contribution in [0.3, 0.4) is 0 Å². The molecule has 4 heteroatoms. The lowest BCUT2D eigenvalue weighted by atomic mass is 10.4. The summed E-state index contributed by atoms with van der Waals surface area (Å²) in [6, 6.07) is 0. The van der Waals surface area contributed by atoms with Gasteiger partial charge in [0.2, 0.25) is 0 Å². The summed E-state index contributed by atoms with van der Waals surface area (Å²) < 4.78 is 22.4. The van der Waals surface area contributed by atoms with E-state index in [2.05, 4.69) is 22.6 Å². The molecule has 2 nitrogen and oxygen atoms in total. The van der Waals surface area contributed by atoms with Crippen molar-refractivity contribution in [2.75, 3.05) is 6.26 Å². The van der Waals surface area contributed by atoms with Crippen LogP contribution in [-0.2, 0) is 9.84 Å². The largest absolute Gasteiger partial charge is 0.229 e. The third-order valence-electron chi connectivity index (χ3n) is 1.92. The Morgan fingerprint density at radius 3 is 2.20 bits per heavy atom. The first-order valence-electron chi connectivity index (χ1n) is 3.35. The Kier molecular flexibility index (Phi) is 2.60. The van der Waals surface area contributed by atoms with Gasteiger partial charge in [0.1, 0.15) is 0 Å². The van der Waals surface area contributed by atoms with E-state index >= 15 is 0 Å². The molecule has 0 saturated heterocycles. The summed E-state index contributed by atoms with van der Waals surface area (Å²) in [6.07, 6.45) is 4.35. The first-order chi connectivity index (χ1) is 4.52. The van der Waals surface area contributed by atoms with Crippen LogP contribution < -0.4 is 0 Å². The molecular weight excluding hydrogens is 263 g/mol. The number of hydrogen-bond donors (Lipinski definition) is 0. The summed E-state index contributed by atoms with van der Waals surface area (Å²) in [5, 5.41) is -0.0619. The minimum absolute atomic E-state index is 0.0619. The Balaban J connectivity index is 2.74. The van der Waals surface area contributed by atoms with Gasteiger partial charge in [0.15, 0.2) is 9.84 Å². The van der Waals surface area contributed by atoms with Crippen LogP contribution in [0.25, 0.3) is 0 Å². The second-order valence-electron chi connectivity index (χ2n) is 2.81. The standard InChI is InChI=1S/C6H11IO2S/c1-10(8,9)6-4-2-3-5(6)7/h5-6H,2-4H2,1H3/t5-,6-/m0/s1. The van der Waals surface area contributed by atoms with Gasteiger partial charge in [-0.15, -0.1) is 0 Å². The molecule has 1 aliphatic carbocycles. The van der Waals surface area contributed by atoms with E-state index in [1.54, 1.807) is 0 Å². The molecule has 0 unspecified atom stereocenters. The van der Waals surface area contributed by atoms with Crippen LogP contribution in [0, 0.1) is 0 Å². The van der Waals surface area contributed by atoms with E-state index in [-0.39, 0.29) is 5.25 Å². The van der Waals surface area contributed by atoms with Crippen molar-refractivity contribution < 1.29 is 8.42 Å². The third kappa shape index (κ3) is 1.84. The third-order valence-corrected chi connectivity index (χ3v) is 5.56. The maximum Gasteiger partial charge on any atom is 0.151 e. The highest BCUT2D eigenvalue weighted by Gasteiger charge is 2.32. The summed E-state index contributed by atoms with van der Waals surface area (Å²) in [4.78, 5) is 0. The summed E-state index contributed by atoms with van der Waals surface area (Å²) in [7, 11) is -2.76. The molecule has 60 valence electrons. The van der Waals surface area contributed by atoms with E-state index in [1.165, 1.54) is 6.26 Å². The van der Waals surface area contributed by atoms with Crippen LogP contribution >= 0.6 is 22.6 Å². The predicted octanol–water partition coefficient (Wildman–Crippen LogP) is 1.39. The average molecular weight is 274 g/mol. The van der Waals surface area contributed by atoms with Crippen LogP contribution in [-0.4, -0.2) is 23.8 Å². The fraction of sp³-hybridized carbons (Fsp3) is 1.00. The number of alkyl halides is 1. The maximum atomic E-state index is 11.0. The van der Waals surface area contributed by atoms with Gasteiger partial charge in [-0.05, 0) is 12.8 Å². The monoisotopic (exact) mass is 274 g/mol. The molecule has 10 heavy (non-hydrogen) atoms. The Morgan fingerprint density at radius 1 is 1.40 bits per heavy atom. The Hall–Kier alpha value is 0.680. The number of rotatable bonds is 1. The second kappa shape index (κ2) is 2.97. The minimum Gasteiger partial charge on any atom is -0.229 e. The zero-order chi connectivity index (χ0) is 7.78. The molecule has 0 aromatic carbocycles. The van der Waals surface area contributed by atoms with Crippen LogP contribution in [0.2, 0.25) is 0 Å². The smallest absolute Gasteiger partial charge is 0.151 e. The van der Waals surface area contributed by atoms with E-state index in [1.807, 2.05) is 0 Å². The number of sulfone groups is 1. The van der Waals surface area contributed by atoms with Crippen molar-refractivity contribution in [3.63, 3.8) is 0 Å². The highest BCUT2D eigenvalue weighted by molar-refractivity contribution is 14.1. The van der Waals surface area contributed by atoms with Gasteiger partial charge in [-0.2, -0.15) is 0 Å². The van der Waals surface area contributed by atoms with Crippen molar-refractivity contribution in [2.45, 2.75) is 28.4 Å². The summed E-state index contributed by atoms with van der Waals surface area (Å²) in [5.41, 5.74) is 0. The van der Waals surface area contributed by atoms with E-state index in [0.29, 0.717) is 3.92 Å². The molecule has 0 aliphatic heterocycles. The normalized spacial score (nSPS) is 34.6. The molecule has 2 atom stereocenters. The van der Waals surface area contributed by atoms with Gasteiger partial charge in [0.05, 0.1) is 5.25 Å². The van der Waals surface area contributed by atoms with Crippen molar-refractivity contribution in [1.29, 1.82) is 0 Å². The minimum atomic E-state index is -2.76. The maximum absolute atomic E-state index is 11.0. The predicted molar refractivity (Wildman–Crippen MR) is 50.3 cm³/mol. The van der Waals surface area contributed by atoms with Crippen molar-refractivity contribution in [1.82, 2.24) is 0 Å². The molecule has 0 spiro atoms. The highest BCUT2D eigenvalue weighted by Crippen LogP contribution is 2.30. The zero-order valence-electron chi connectivity index (χ0n) is 5.88. The summed E-state index contributed by atoms with van der Waals surface area (Å²) in [6.45, 7) is 0. The Labute approximate surface area is 75.4 Å². The highest BCUT2D eigenvalue weighted by atomic mass is 127. The van der Waals surface area contributed by atoms with Gasteiger partial charge < -0.3 is 0 Å². The molecular formula is C6H11IO2S. The van der Waals surface area contributed by atoms with E-state index in [0.717, 1.165) is 19.3 Å². The number of halogens is 1. The van der Waals surface area contributed by atoms with E-state index < -0.39 is 9.84 Å². The molecule has 1 rings (SSSR count). The molecule has 1 aliphatic rings. The first kappa shape index (κ1) is 8.77. The quantitative estimate of drug-likeness (QED) is 0.535. The average Bonchev–Trinajstić information content (AvgIpc) is 2.11. The molecule has 1 saturated carbocycles. The molecule has 0 radical (unpaired) electrons. The van der Waals surface area contributed by atoms with Gasteiger partial charge in [0.25, 0.3) is 0 Å². The number of hydrogen-bond acceptors (Lipinski definition) is 2. The van der Waals surface area contributed by atoms with Crippen LogP contribution in [0.4, 0.5) is 0 Å². The van der Waals surface area contributed by atoms with Gasteiger partial charge in [0, 0.05) is 10.2 Å². The molecule has 0 heterocycles. The molecule has 0 amide bonds. The van der Waals surface area contributed by atoms with Crippen LogP contribution in [0.1, 0.15) is 19.3 Å². The van der Waals surface area contributed by atoms with E-state index in [9.17, 15) is 8.42 Å². The van der Waals surface area contributed by atoms with Crippen LogP contribution in [0.15, 0.2) is 0 Å². The SMILES string of the molecule is CS(=O)(=O)[C@H]1CCC[C@@H]1I. The van der Waals surface area contributed by atoms with Crippen molar-refractivity contribution in [3.05, 3.63) is 0 Å². The fourth-order valence-corrected chi connectivity index (χ4v) is 5.03. The second-order valence-corrected chi connectivity index (χ2v) is 6.68. The van der Waals surface area contributed by atoms with E-state index in [4.69, 9.17) is 0 Å². The van der Waals surface area contributed by atoms with Gasteiger partial charge in [-0.3, -0.25) is 0 Å². The first-order valence-corrected chi connectivity index (χ1v) is 6.55. The molecule has 1 fully saturated rings. The lowest BCUT2D eigenvalue weighted by Gasteiger charge is -2.10. The summed E-state index contributed by atoms with van der Waals surface area (Å²) >= 11 is 2.24. The van der Waals surface area contributed by atoms with Gasteiger partial charge in [-0.25, -0.2) is 8.42 Å². The lowest BCUT2D eigenvalue weighted by Crippen LogP contribution is -2.23. The lowest BCUT2D eigenvalue weighted by molar-refractivity contribution is 0.588. The Morgan fingerprint density at radius 2 is 2.00 bits per heavy atom. The zero-order valence-corrected chi connectivity index (χ0v) is 8.85. The van der Waals surface area contributed by atoms with Gasteiger partial charge in [-0.1, -0.05) is 29.0 Å². The molecule has 0 aromatic rings. The topological polar surface area (TPSA) is 34.1 Å². The molecule has 0 bridgehead atoms. The molecule has 0 N–H and O–H groups in total. The van der Waals surface area contributed by atoms with Gasteiger partial charge >= 0.3 is 0 Å². The fourth-order valence-electron chi connectivity index (χ4n) is 1.36. The Bertz CT molecular complexity index is 210. The van der Waals surface area contributed by atoms with Crippen molar-refractivity contribution in [2.24, 2.45) is 0 Å².